The molecule has 0 aromatic heterocycles. The van der Waals surface area contributed by atoms with E-state index in [1.807, 2.05) is 0 Å². The van der Waals surface area contributed by atoms with E-state index < -0.39 is 24.3 Å². The number of thiol groups is 1. The zero-order valence-corrected chi connectivity index (χ0v) is 6.79. The average Bonchev–Trinajstić information content (AvgIpc) is 2.00. The van der Waals surface area contributed by atoms with Crippen molar-refractivity contribution in [3.05, 3.63) is 0 Å². The smallest absolute Gasteiger partial charge is 0.137 e. The minimum atomic E-state index is -1.35. The van der Waals surface area contributed by atoms with Gasteiger partial charge in [0.05, 0.1) is 6.61 Å². The Balaban J connectivity index is 3.69. The summed E-state index contributed by atoms with van der Waals surface area (Å²) >= 11 is 3.60. The highest BCUT2D eigenvalue weighted by Crippen LogP contribution is 2.17. The summed E-state index contributed by atoms with van der Waals surface area (Å²) in [5.74, 6) is 0. The lowest BCUT2D eigenvalue weighted by molar-refractivity contribution is -0.0487. The molecule has 0 fully saturated rings. The molecular weight excluding hydrogens is 176 g/mol. The lowest BCUT2D eigenvalue weighted by atomic mass is 10.2. The van der Waals surface area contributed by atoms with E-state index in [-0.39, 0.29) is 0 Å². The molecule has 0 aromatic carbocycles. The fourth-order valence-corrected chi connectivity index (χ4v) is 1.04. The number of hydrogen-bond donors (Lipinski definition) is 5. The predicted octanol–water partition coefficient (Wildman–Crippen LogP) is -1.40. The van der Waals surface area contributed by atoms with Gasteiger partial charge in [-0.1, -0.05) is 10.8 Å². The van der Waals surface area contributed by atoms with Crippen LogP contribution < -0.4 is 0 Å². The topological polar surface area (TPSA) is 80.9 Å². The standard InChI is InChI=1S/C4H10O4S2/c5-1-2(6)3(7)4(8)10-9/h2-9H,1H2/t2-,3+,4?/m1/s1. The molecule has 62 valence electrons. The molecule has 4 nitrogen and oxygen atoms in total. The van der Waals surface area contributed by atoms with Crippen LogP contribution in [0.2, 0.25) is 0 Å². The van der Waals surface area contributed by atoms with E-state index in [1.54, 1.807) is 0 Å². The maximum Gasteiger partial charge on any atom is 0.137 e. The minimum Gasteiger partial charge on any atom is -0.394 e. The molecule has 10 heavy (non-hydrogen) atoms. The van der Waals surface area contributed by atoms with Crippen molar-refractivity contribution < 1.29 is 20.4 Å². The van der Waals surface area contributed by atoms with Gasteiger partial charge >= 0.3 is 0 Å². The fourth-order valence-electron chi connectivity index (χ4n) is 0.360. The highest BCUT2D eigenvalue weighted by molar-refractivity contribution is 8.68. The first-order valence-electron chi connectivity index (χ1n) is 2.58. The second-order valence-corrected chi connectivity index (χ2v) is 3.06. The second-order valence-electron chi connectivity index (χ2n) is 1.74. The summed E-state index contributed by atoms with van der Waals surface area (Å²) in [5, 5.41) is 34.7. The van der Waals surface area contributed by atoms with Gasteiger partial charge in [-0.15, -0.1) is 11.7 Å². The molecule has 0 saturated carbocycles. The van der Waals surface area contributed by atoms with Crippen LogP contribution in [0.15, 0.2) is 0 Å². The molecule has 0 saturated heterocycles. The summed E-state index contributed by atoms with van der Waals surface area (Å²) in [5.41, 5.74) is -1.18. The monoisotopic (exact) mass is 186 g/mol. The molecule has 0 heterocycles. The van der Waals surface area contributed by atoms with Crippen molar-refractivity contribution in [3.8, 4) is 0 Å². The lowest BCUT2D eigenvalue weighted by Gasteiger charge is -2.18. The Bertz CT molecular complexity index is 81.3. The first kappa shape index (κ1) is 10.5. The summed E-state index contributed by atoms with van der Waals surface area (Å²) < 4.78 is 0. The van der Waals surface area contributed by atoms with Gasteiger partial charge in [0.2, 0.25) is 0 Å². The Kier molecular flexibility index (Phi) is 5.51. The maximum absolute atomic E-state index is 8.86. The van der Waals surface area contributed by atoms with Crippen LogP contribution in [-0.4, -0.2) is 44.7 Å². The van der Waals surface area contributed by atoms with Crippen LogP contribution in [0.1, 0.15) is 0 Å². The van der Waals surface area contributed by atoms with Gasteiger partial charge in [-0.25, -0.2) is 0 Å². The van der Waals surface area contributed by atoms with Gasteiger partial charge in [0.1, 0.15) is 17.6 Å². The van der Waals surface area contributed by atoms with Crippen molar-refractivity contribution in [3.63, 3.8) is 0 Å². The number of rotatable bonds is 4. The van der Waals surface area contributed by atoms with Gasteiger partial charge in [-0.3, -0.25) is 0 Å². The van der Waals surface area contributed by atoms with E-state index in [0.717, 1.165) is 0 Å². The summed E-state index contributed by atoms with van der Waals surface area (Å²) in [6.45, 7) is -0.577. The van der Waals surface area contributed by atoms with Gasteiger partial charge in [0.15, 0.2) is 0 Å². The molecule has 1 unspecified atom stereocenters. The molecule has 0 amide bonds. The van der Waals surface area contributed by atoms with Crippen LogP contribution in [0.4, 0.5) is 0 Å². The molecule has 0 bridgehead atoms. The Morgan fingerprint density at radius 1 is 1.30 bits per heavy atom. The Labute approximate surface area is 67.7 Å². The molecule has 4 N–H and O–H groups in total. The number of aliphatic hydroxyl groups excluding tert-OH is 4. The van der Waals surface area contributed by atoms with Gasteiger partial charge in [0.25, 0.3) is 0 Å². The zero-order chi connectivity index (χ0) is 8.15. The third kappa shape index (κ3) is 3.09. The highest BCUT2D eigenvalue weighted by Gasteiger charge is 2.23. The molecule has 0 radical (unpaired) electrons. The molecule has 0 aliphatic heterocycles. The van der Waals surface area contributed by atoms with Crippen LogP contribution >= 0.6 is 22.5 Å². The van der Waals surface area contributed by atoms with Crippen molar-refractivity contribution in [1.29, 1.82) is 0 Å². The second kappa shape index (κ2) is 5.22. The van der Waals surface area contributed by atoms with Crippen LogP contribution in [0, 0.1) is 0 Å². The summed E-state index contributed by atoms with van der Waals surface area (Å²) in [4.78, 5) is 0. The molecule has 0 spiro atoms. The van der Waals surface area contributed by atoms with Gasteiger partial charge < -0.3 is 20.4 Å². The van der Waals surface area contributed by atoms with Crippen LogP contribution in [0.25, 0.3) is 0 Å². The van der Waals surface area contributed by atoms with E-state index in [0.29, 0.717) is 10.8 Å². The minimum absolute atomic E-state index is 0.577. The largest absolute Gasteiger partial charge is 0.394 e. The number of aliphatic hydroxyl groups is 4. The molecular formula is C4H10O4S2. The molecule has 6 heteroatoms. The highest BCUT2D eigenvalue weighted by atomic mass is 33.1. The quantitative estimate of drug-likeness (QED) is 0.212. The van der Waals surface area contributed by atoms with Crippen molar-refractivity contribution in [2.45, 2.75) is 17.6 Å². The van der Waals surface area contributed by atoms with Gasteiger partial charge in [-0.2, -0.15) is 0 Å². The van der Waals surface area contributed by atoms with Crippen molar-refractivity contribution in [1.82, 2.24) is 0 Å². The molecule has 3 atom stereocenters. The average molecular weight is 186 g/mol. The Morgan fingerprint density at radius 2 is 1.80 bits per heavy atom. The summed E-state index contributed by atoms with van der Waals surface area (Å²) in [7, 11) is 0.705. The van der Waals surface area contributed by atoms with Gasteiger partial charge in [0, 0.05) is 0 Å². The van der Waals surface area contributed by atoms with E-state index in [1.165, 1.54) is 0 Å². The van der Waals surface area contributed by atoms with Gasteiger partial charge in [-0.05, 0) is 0 Å². The third-order valence-corrected chi connectivity index (χ3v) is 2.12. The van der Waals surface area contributed by atoms with E-state index >= 15 is 0 Å². The molecule has 0 aliphatic carbocycles. The van der Waals surface area contributed by atoms with E-state index in [2.05, 4.69) is 11.7 Å². The molecule has 0 aromatic rings. The maximum atomic E-state index is 8.86. The van der Waals surface area contributed by atoms with Crippen LogP contribution in [-0.2, 0) is 0 Å². The van der Waals surface area contributed by atoms with Crippen molar-refractivity contribution in [2.24, 2.45) is 0 Å². The third-order valence-electron chi connectivity index (χ3n) is 0.981. The number of hydrogen-bond acceptors (Lipinski definition) is 6. The predicted molar refractivity (Wildman–Crippen MR) is 41.7 cm³/mol. The normalized spacial score (nSPS) is 20.1. The molecule has 0 aliphatic rings. The lowest BCUT2D eigenvalue weighted by Crippen LogP contribution is -2.37. The molecule has 0 rings (SSSR count). The zero-order valence-electron chi connectivity index (χ0n) is 5.08. The first-order valence-corrected chi connectivity index (χ1v) is 4.52. The van der Waals surface area contributed by atoms with Crippen molar-refractivity contribution >= 4 is 22.5 Å². The van der Waals surface area contributed by atoms with E-state index in [9.17, 15) is 0 Å². The van der Waals surface area contributed by atoms with Crippen LogP contribution in [0.3, 0.4) is 0 Å². The van der Waals surface area contributed by atoms with E-state index in [4.69, 9.17) is 20.4 Å². The van der Waals surface area contributed by atoms with Crippen LogP contribution in [0.5, 0.6) is 0 Å². The fraction of sp³-hybridized carbons (Fsp3) is 1.00. The first-order chi connectivity index (χ1) is 4.63. The van der Waals surface area contributed by atoms with Crippen molar-refractivity contribution in [2.75, 3.05) is 6.61 Å². The Hall–Kier alpha value is 0.540. The Morgan fingerprint density at radius 3 is 2.10 bits per heavy atom. The SMILES string of the molecule is OC[C@@H](O)[C@H](O)C(O)SS. The summed E-state index contributed by atoms with van der Waals surface area (Å²) in [6, 6.07) is 0. The summed E-state index contributed by atoms with van der Waals surface area (Å²) in [6.07, 6.45) is -2.66.